The summed E-state index contributed by atoms with van der Waals surface area (Å²) in [5.74, 6) is -0.843. The lowest BCUT2D eigenvalue weighted by Gasteiger charge is -2.47. The summed E-state index contributed by atoms with van der Waals surface area (Å²) < 4.78 is 75.2. The van der Waals surface area contributed by atoms with Gasteiger partial charge in [-0.2, -0.15) is 0 Å². The van der Waals surface area contributed by atoms with Gasteiger partial charge in [-0.25, -0.2) is 4.79 Å². The first-order valence-electron chi connectivity index (χ1n) is 28.9. The summed E-state index contributed by atoms with van der Waals surface area (Å²) in [6.07, 6.45) is 3.79. The Hall–Kier alpha value is -3.32. The molecule has 10 saturated heterocycles. The van der Waals surface area contributed by atoms with Crippen molar-refractivity contribution in [1.82, 2.24) is 5.32 Å². The third kappa shape index (κ3) is 10.2. The molecule has 0 saturated carbocycles. The number of hydrogen-bond acceptors (Lipinski definition) is 13. The maximum absolute atomic E-state index is 14.8. The lowest BCUT2D eigenvalue weighted by Crippen LogP contribution is -2.61. The second kappa shape index (κ2) is 21.0. The van der Waals surface area contributed by atoms with Gasteiger partial charge >= 0.3 is 6.09 Å². The minimum atomic E-state index is -2.40. The normalized spacial score (nSPS) is 40.5. The number of benzene rings is 2. The molecule has 1 amide bonds. The van der Waals surface area contributed by atoms with E-state index in [9.17, 15) is 9.59 Å². The van der Waals surface area contributed by atoms with Gasteiger partial charge in [0.15, 0.2) is 14.1 Å². The average molecular weight is 1070 g/mol. The van der Waals surface area contributed by atoms with Gasteiger partial charge in [-0.15, -0.1) is 0 Å². The first-order valence-corrected chi connectivity index (χ1v) is 31.8. The number of alkyl carbamates (subject to hydrolysis) is 1. The zero-order valence-electron chi connectivity index (χ0n) is 45.9. The van der Waals surface area contributed by atoms with Crippen molar-refractivity contribution in [3.8, 4) is 11.1 Å². The number of ketones is 1. The van der Waals surface area contributed by atoms with Gasteiger partial charge in [-0.1, -0.05) is 89.4 Å². The van der Waals surface area contributed by atoms with Crippen molar-refractivity contribution in [2.24, 2.45) is 11.8 Å². The molecule has 13 rings (SSSR count). The molecule has 6 unspecified atom stereocenters. The van der Waals surface area contributed by atoms with Crippen LogP contribution in [0.3, 0.4) is 0 Å². The topological polar surface area (TPSA) is 148 Å². The van der Waals surface area contributed by atoms with Crippen LogP contribution in [0, 0.1) is 11.8 Å². The molecule has 10 aliphatic heterocycles. The number of carbonyl (C=O) groups is 2. The summed E-state index contributed by atoms with van der Waals surface area (Å²) in [6.45, 7) is 22.9. The van der Waals surface area contributed by atoms with Gasteiger partial charge in [0.1, 0.15) is 42.9 Å². The largest absolute Gasteiger partial charge is 0.449 e. The van der Waals surface area contributed by atoms with E-state index >= 15 is 0 Å². The summed E-state index contributed by atoms with van der Waals surface area (Å²) in [5, 5.41) is 2.99. The molecule has 1 spiro atoms. The fourth-order valence-electron chi connectivity index (χ4n) is 14.8. The number of rotatable bonds is 9. The Morgan fingerprint density at radius 1 is 0.763 bits per heavy atom. The molecule has 11 aliphatic rings. The van der Waals surface area contributed by atoms with Crippen molar-refractivity contribution in [2.45, 2.75) is 239 Å². The van der Waals surface area contributed by atoms with Crippen LogP contribution in [0.25, 0.3) is 11.1 Å². The molecule has 414 valence electrons. The third-order valence-corrected chi connectivity index (χ3v) is 24.3. The molecule has 15 heteroatoms. The van der Waals surface area contributed by atoms with E-state index in [1.165, 1.54) is 11.1 Å². The Bertz CT molecular complexity index is 2470. The Morgan fingerprint density at radius 3 is 2.20 bits per heavy atom. The molecule has 1 N–H and O–H groups in total. The van der Waals surface area contributed by atoms with E-state index < -0.39 is 38.5 Å². The lowest BCUT2D eigenvalue weighted by atomic mass is 9.81. The predicted octanol–water partition coefficient (Wildman–Crippen LogP) is 10.0. The number of Topliss-reactive ketones (excluding diaryl/α,β-unsaturated/α-hetero) is 1. The maximum Gasteiger partial charge on any atom is 0.407 e. The summed E-state index contributed by atoms with van der Waals surface area (Å²) >= 11 is 0. The Kier molecular flexibility index (Phi) is 14.7. The van der Waals surface area contributed by atoms with E-state index in [1.54, 1.807) is 7.11 Å². The molecule has 12 bridgehead atoms. The van der Waals surface area contributed by atoms with Crippen molar-refractivity contribution < 1.29 is 61.4 Å². The van der Waals surface area contributed by atoms with Gasteiger partial charge in [0, 0.05) is 64.0 Å². The minimum absolute atomic E-state index is 0.00365. The maximum atomic E-state index is 14.8. The number of amides is 1. The van der Waals surface area contributed by atoms with E-state index in [2.05, 4.69) is 83.5 Å². The number of ether oxygens (including phenoxy) is 10. The van der Waals surface area contributed by atoms with Crippen LogP contribution in [0.1, 0.15) is 128 Å². The fourth-order valence-corrected chi connectivity index (χ4v) is 16.2. The fraction of sp³-hybridized carbons (Fsp3) is 0.705. The van der Waals surface area contributed by atoms with E-state index in [1.807, 2.05) is 24.3 Å². The van der Waals surface area contributed by atoms with E-state index in [4.69, 9.17) is 51.8 Å². The number of methoxy groups -OCH3 is 1. The second-order valence-corrected chi connectivity index (χ2v) is 30.5. The second-order valence-electron chi connectivity index (χ2n) is 25.7. The van der Waals surface area contributed by atoms with Gasteiger partial charge in [0.2, 0.25) is 0 Å². The lowest BCUT2D eigenvalue weighted by molar-refractivity contribution is -0.292. The summed E-state index contributed by atoms with van der Waals surface area (Å²) in [4.78, 5) is 28.5. The number of fused-ring (bicyclic) bond motifs is 9. The van der Waals surface area contributed by atoms with Crippen molar-refractivity contribution in [3.63, 3.8) is 0 Å². The SMILES string of the molecule is C=C1C[C@@H]2CC[C@@]34C[C@@H]5O[C@H]6[C@@H](O3)C3OC(CCC3O[C@H]6C5O4)CC(=O)C[C@@H]3[C@@H](OC)[C@@H](C[C@@H](CNC(=O)OCC4c5ccccc5-c5ccccc54)O[Si](C)(C)C(C)(C)C)O[C@H]3CC3O[C@@H](CCC1O2)C[C@@H](C)C3=C. The molecule has 2 aromatic carbocycles. The van der Waals surface area contributed by atoms with E-state index in [0.29, 0.717) is 32.1 Å². The van der Waals surface area contributed by atoms with E-state index in [-0.39, 0.29) is 134 Å². The highest BCUT2D eigenvalue weighted by atomic mass is 28.4. The minimum Gasteiger partial charge on any atom is -0.449 e. The molecule has 19 atom stereocenters. The van der Waals surface area contributed by atoms with Gasteiger partial charge in [0.05, 0.1) is 67.1 Å². The van der Waals surface area contributed by atoms with Crippen LogP contribution >= 0.6 is 0 Å². The van der Waals surface area contributed by atoms with Crippen LogP contribution in [0.15, 0.2) is 72.8 Å². The van der Waals surface area contributed by atoms with Crippen LogP contribution in [0.5, 0.6) is 0 Å². The molecule has 76 heavy (non-hydrogen) atoms. The van der Waals surface area contributed by atoms with Gasteiger partial charge in [-0.3, -0.25) is 4.79 Å². The average Bonchev–Trinajstić information content (AvgIpc) is 4.15. The first kappa shape index (κ1) is 53.3. The van der Waals surface area contributed by atoms with E-state index in [0.717, 1.165) is 60.8 Å². The molecular weight excluding hydrogens is 983 g/mol. The zero-order valence-corrected chi connectivity index (χ0v) is 46.9. The number of nitrogens with one attached hydrogen (secondary N) is 1. The highest BCUT2D eigenvalue weighted by Gasteiger charge is 2.69. The third-order valence-electron chi connectivity index (χ3n) is 19.8. The summed E-state index contributed by atoms with van der Waals surface area (Å²) in [6, 6.07) is 16.7. The molecule has 2 aromatic rings. The molecule has 1 aliphatic carbocycles. The zero-order chi connectivity index (χ0) is 52.8. The first-order chi connectivity index (χ1) is 36.4. The monoisotopic (exact) mass is 1070 g/mol. The quantitative estimate of drug-likeness (QED) is 0.188. The molecule has 10 heterocycles. The highest BCUT2D eigenvalue weighted by molar-refractivity contribution is 6.74. The van der Waals surface area contributed by atoms with Crippen LogP contribution < -0.4 is 5.32 Å². The van der Waals surface area contributed by atoms with Crippen LogP contribution in [0.4, 0.5) is 4.79 Å². The van der Waals surface area contributed by atoms with Crippen molar-refractivity contribution in [2.75, 3.05) is 20.3 Å². The molecule has 10 fully saturated rings. The van der Waals surface area contributed by atoms with Crippen molar-refractivity contribution >= 4 is 20.2 Å². The van der Waals surface area contributed by atoms with Crippen molar-refractivity contribution in [3.05, 3.63) is 84.0 Å². The predicted molar refractivity (Wildman–Crippen MR) is 286 cm³/mol. The smallest absolute Gasteiger partial charge is 0.407 e. The summed E-state index contributed by atoms with van der Waals surface area (Å²) in [7, 11) is -0.681. The van der Waals surface area contributed by atoms with Gasteiger partial charge < -0.3 is 57.1 Å². The van der Waals surface area contributed by atoms with Crippen LogP contribution in [-0.4, -0.2) is 144 Å². The number of hydrogen-bond donors (Lipinski definition) is 1. The Morgan fingerprint density at radius 2 is 1.45 bits per heavy atom. The number of carbonyl (C=O) groups excluding carboxylic acids is 2. The molecule has 14 nitrogen and oxygen atoms in total. The van der Waals surface area contributed by atoms with Gasteiger partial charge in [0.25, 0.3) is 0 Å². The van der Waals surface area contributed by atoms with Crippen LogP contribution in [-0.2, 0) is 56.6 Å². The molecule has 0 aromatic heterocycles. The standard InChI is InChI=1S/C61H83NO13Si/c1-33-24-37-18-20-47-34(2)25-39(67-47)22-23-61-30-52-55(73-61)56-57(72-52)58(74-61)54-48(71-56)21-19-38(69-54)26-36(63)27-45-50(29-49(68-37)35(33)3)70-51(53(45)65-7)28-40(75-76(8,9)60(4,5)6)31-62-59(64)66-32-46-43-16-12-10-14-41(43)42-15-11-13-17-44(42)46/h10-17,33,37-40,45-58H,2-3,18-32H2,1,4-9H3,(H,62,64)/t33-,37+,38?,39+,40+,45+,47?,48?,49?,50+,51-,52+,53-,54?,55?,56+,57-,58+,61+/m1/s1. The molecule has 0 radical (unpaired) electrons. The highest BCUT2D eigenvalue weighted by Crippen LogP contribution is 2.55. The molecular formula is C61H83NO13Si. The Balaban J connectivity index is 0.789. The van der Waals surface area contributed by atoms with Crippen molar-refractivity contribution in [1.29, 1.82) is 0 Å². The van der Waals surface area contributed by atoms with Gasteiger partial charge in [-0.05, 0) is 102 Å². The van der Waals surface area contributed by atoms with Crippen LogP contribution in [0.2, 0.25) is 18.1 Å². The Labute approximate surface area is 451 Å². The summed E-state index contributed by atoms with van der Waals surface area (Å²) in [5.41, 5.74) is 6.85.